The van der Waals surface area contributed by atoms with Crippen LogP contribution in [0.3, 0.4) is 0 Å². The molecule has 5 rings (SSSR count). The number of aromatic nitrogens is 3. The molecule has 0 saturated heterocycles. The van der Waals surface area contributed by atoms with Crippen molar-refractivity contribution in [3.63, 3.8) is 0 Å². The number of nitrogens with zero attached hydrogens (tertiary/aromatic N) is 3. The predicted molar refractivity (Wildman–Crippen MR) is 119 cm³/mol. The van der Waals surface area contributed by atoms with E-state index >= 15 is 0 Å². The van der Waals surface area contributed by atoms with Gasteiger partial charge in [0, 0.05) is 17.3 Å². The summed E-state index contributed by atoms with van der Waals surface area (Å²) in [6.07, 6.45) is 0.883. The molecule has 1 amide bonds. The Kier molecular flexibility index (Phi) is 5.08. The van der Waals surface area contributed by atoms with Gasteiger partial charge < -0.3 is 24.5 Å². The normalized spacial score (nSPS) is 12.5. The van der Waals surface area contributed by atoms with Crippen molar-refractivity contribution in [1.82, 2.24) is 14.5 Å². The van der Waals surface area contributed by atoms with E-state index in [4.69, 9.17) is 19.9 Å². The monoisotopic (exact) mass is 431 g/mol. The first-order valence-electron chi connectivity index (χ1n) is 10.0. The highest BCUT2D eigenvalue weighted by Crippen LogP contribution is 2.37. The fourth-order valence-corrected chi connectivity index (χ4v) is 3.87. The van der Waals surface area contributed by atoms with E-state index in [-0.39, 0.29) is 6.61 Å². The summed E-state index contributed by atoms with van der Waals surface area (Å²) in [6, 6.07) is 14.9. The number of carbonyl (C=O) groups is 1. The molecule has 0 fully saturated rings. The molecule has 2 aromatic heterocycles. The molecule has 9 nitrogen and oxygen atoms in total. The van der Waals surface area contributed by atoms with E-state index in [9.17, 15) is 4.79 Å². The zero-order valence-electron chi connectivity index (χ0n) is 17.4. The summed E-state index contributed by atoms with van der Waals surface area (Å²) in [5.74, 6) is 0.860. The summed E-state index contributed by atoms with van der Waals surface area (Å²) in [7, 11) is 1.54. The van der Waals surface area contributed by atoms with Gasteiger partial charge in [-0.25, -0.2) is 14.8 Å². The first-order valence-corrected chi connectivity index (χ1v) is 10.0. The molecule has 0 radical (unpaired) electrons. The summed E-state index contributed by atoms with van der Waals surface area (Å²) < 4.78 is 18.5. The van der Waals surface area contributed by atoms with Crippen LogP contribution in [0.2, 0.25) is 0 Å². The Balaban J connectivity index is 1.44. The van der Waals surface area contributed by atoms with E-state index in [1.165, 1.54) is 6.33 Å². The largest absolute Gasteiger partial charge is 0.494 e. The summed E-state index contributed by atoms with van der Waals surface area (Å²) in [5.41, 5.74) is 11.8. The van der Waals surface area contributed by atoms with Crippen molar-refractivity contribution in [2.24, 2.45) is 0 Å². The van der Waals surface area contributed by atoms with Gasteiger partial charge in [-0.15, -0.1) is 0 Å². The van der Waals surface area contributed by atoms with Crippen LogP contribution in [0.4, 0.5) is 16.3 Å². The SMILES string of the molecule is COc1cc(-n2c3c(c4ncnc(N)c42)COC3)ccc1NC(=O)OCc1ccccc1. The summed E-state index contributed by atoms with van der Waals surface area (Å²) in [6.45, 7) is 1.09. The van der Waals surface area contributed by atoms with Gasteiger partial charge in [-0.2, -0.15) is 0 Å². The second-order valence-electron chi connectivity index (χ2n) is 7.28. The van der Waals surface area contributed by atoms with Crippen molar-refractivity contribution >= 4 is 28.6 Å². The molecule has 1 aliphatic heterocycles. The molecule has 4 aromatic rings. The minimum atomic E-state index is -0.571. The molecule has 1 aliphatic rings. The smallest absolute Gasteiger partial charge is 0.412 e. The second-order valence-corrected chi connectivity index (χ2v) is 7.28. The molecule has 32 heavy (non-hydrogen) atoms. The number of fused-ring (bicyclic) bond motifs is 3. The third-order valence-corrected chi connectivity index (χ3v) is 5.36. The van der Waals surface area contributed by atoms with Crippen LogP contribution in [0.1, 0.15) is 16.8 Å². The number of hydrogen-bond donors (Lipinski definition) is 2. The van der Waals surface area contributed by atoms with Crippen molar-refractivity contribution in [1.29, 1.82) is 0 Å². The number of nitrogens with one attached hydrogen (secondary N) is 1. The van der Waals surface area contributed by atoms with Gasteiger partial charge >= 0.3 is 6.09 Å². The van der Waals surface area contributed by atoms with Crippen molar-refractivity contribution in [3.05, 3.63) is 71.7 Å². The lowest BCUT2D eigenvalue weighted by atomic mass is 10.2. The number of amides is 1. The van der Waals surface area contributed by atoms with Gasteiger partial charge in [0.15, 0.2) is 5.82 Å². The third-order valence-electron chi connectivity index (χ3n) is 5.36. The molecule has 9 heteroatoms. The lowest BCUT2D eigenvalue weighted by Crippen LogP contribution is -2.14. The standard InChI is InChI=1S/C23H21N5O4/c1-30-19-9-15(7-8-17(19)27-23(29)32-10-14-5-3-2-4-6-14)28-18-12-31-11-16(18)20-21(28)22(24)26-13-25-20/h2-9,13H,10-12H2,1H3,(H,27,29)(H2,24,25,26). The number of carbonyl (C=O) groups excluding carboxylic acids is 1. The van der Waals surface area contributed by atoms with E-state index < -0.39 is 6.09 Å². The van der Waals surface area contributed by atoms with Crippen LogP contribution in [-0.4, -0.2) is 27.7 Å². The lowest BCUT2D eigenvalue weighted by Gasteiger charge is -2.15. The van der Waals surface area contributed by atoms with E-state index in [1.54, 1.807) is 13.2 Å². The Bertz CT molecular complexity index is 1300. The Hall–Kier alpha value is -4.11. The molecular formula is C23H21N5O4. The van der Waals surface area contributed by atoms with E-state index in [0.29, 0.717) is 30.5 Å². The van der Waals surface area contributed by atoms with Gasteiger partial charge in [0.25, 0.3) is 0 Å². The highest BCUT2D eigenvalue weighted by Gasteiger charge is 2.26. The van der Waals surface area contributed by atoms with Crippen LogP contribution in [-0.2, 0) is 29.3 Å². The van der Waals surface area contributed by atoms with E-state index in [0.717, 1.165) is 33.5 Å². The van der Waals surface area contributed by atoms with Gasteiger partial charge in [-0.1, -0.05) is 30.3 Å². The Morgan fingerprint density at radius 1 is 1.19 bits per heavy atom. The lowest BCUT2D eigenvalue weighted by molar-refractivity contribution is 0.132. The number of rotatable bonds is 5. The average Bonchev–Trinajstić information content (AvgIpc) is 3.41. The quantitative estimate of drug-likeness (QED) is 0.494. The zero-order chi connectivity index (χ0) is 22.1. The highest BCUT2D eigenvalue weighted by molar-refractivity contribution is 5.92. The van der Waals surface area contributed by atoms with Gasteiger partial charge in [0.2, 0.25) is 0 Å². The molecule has 0 bridgehead atoms. The number of ether oxygens (including phenoxy) is 3. The Morgan fingerprint density at radius 3 is 2.84 bits per heavy atom. The number of nitrogen functional groups attached to an aromatic ring is 1. The molecular weight excluding hydrogens is 410 g/mol. The van der Waals surface area contributed by atoms with Crippen molar-refractivity contribution in [3.8, 4) is 11.4 Å². The summed E-state index contributed by atoms with van der Waals surface area (Å²) >= 11 is 0. The second kappa shape index (κ2) is 8.20. The van der Waals surface area contributed by atoms with Gasteiger partial charge in [-0.3, -0.25) is 5.32 Å². The number of benzene rings is 2. The Labute approximate surface area is 183 Å². The topological polar surface area (TPSA) is 114 Å². The van der Waals surface area contributed by atoms with E-state index in [1.807, 2.05) is 47.0 Å². The predicted octanol–water partition coefficient (Wildman–Crippen LogP) is 3.79. The maximum absolute atomic E-state index is 12.3. The number of hydrogen-bond acceptors (Lipinski definition) is 7. The van der Waals surface area contributed by atoms with Crippen LogP contribution < -0.4 is 15.8 Å². The maximum Gasteiger partial charge on any atom is 0.412 e. The number of methoxy groups -OCH3 is 1. The molecule has 0 atom stereocenters. The number of nitrogens with two attached hydrogens (primary N) is 1. The van der Waals surface area contributed by atoms with Crippen LogP contribution in [0, 0.1) is 0 Å². The first kappa shape index (κ1) is 19.8. The van der Waals surface area contributed by atoms with Crippen LogP contribution in [0.25, 0.3) is 16.7 Å². The molecule has 3 N–H and O–H groups in total. The van der Waals surface area contributed by atoms with Gasteiger partial charge in [0.05, 0.1) is 31.7 Å². The molecule has 0 spiro atoms. The zero-order valence-corrected chi connectivity index (χ0v) is 17.4. The summed E-state index contributed by atoms with van der Waals surface area (Å²) in [5, 5.41) is 2.74. The highest BCUT2D eigenvalue weighted by atomic mass is 16.5. The fourth-order valence-electron chi connectivity index (χ4n) is 3.87. The van der Waals surface area contributed by atoms with Crippen LogP contribution in [0.15, 0.2) is 54.9 Å². The van der Waals surface area contributed by atoms with E-state index in [2.05, 4.69) is 15.3 Å². The van der Waals surface area contributed by atoms with Crippen molar-refractivity contribution in [2.75, 3.05) is 18.2 Å². The van der Waals surface area contributed by atoms with Crippen molar-refractivity contribution in [2.45, 2.75) is 19.8 Å². The van der Waals surface area contributed by atoms with Crippen molar-refractivity contribution < 1.29 is 19.0 Å². The Morgan fingerprint density at radius 2 is 2.03 bits per heavy atom. The first-order chi connectivity index (χ1) is 15.7. The third kappa shape index (κ3) is 3.48. The molecule has 3 heterocycles. The minimum absolute atomic E-state index is 0.174. The molecule has 162 valence electrons. The minimum Gasteiger partial charge on any atom is -0.494 e. The molecule has 0 saturated carbocycles. The number of anilines is 2. The fraction of sp³-hybridized carbons (Fsp3) is 0.174. The van der Waals surface area contributed by atoms with Crippen LogP contribution in [0.5, 0.6) is 5.75 Å². The van der Waals surface area contributed by atoms with Crippen LogP contribution >= 0.6 is 0 Å². The van der Waals surface area contributed by atoms with Gasteiger partial charge in [0.1, 0.15) is 29.7 Å². The summed E-state index contributed by atoms with van der Waals surface area (Å²) in [4.78, 5) is 20.9. The molecule has 2 aromatic carbocycles. The molecule has 0 aliphatic carbocycles. The average molecular weight is 431 g/mol. The maximum atomic E-state index is 12.3. The van der Waals surface area contributed by atoms with Gasteiger partial charge in [-0.05, 0) is 17.7 Å². The molecule has 0 unspecified atom stereocenters.